The van der Waals surface area contributed by atoms with Crippen LogP contribution in [0.3, 0.4) is 0 Å². The van der Waals surface area contributed by atoms with Crippen LogP contribution in [0, 0.1) is 0 Å². The summed E-state index contributed by atoms with van der Waals surface area (Å²) >= 11 is 1.57. The summed E-state index contributed by atoms with van der Waals surface area (Å²) in [6.07, 6.45) is 7.06. The Hall–Kier alpha value is -3.93. The van der Waals surface area contributed by atoms with Crippen LogP contribution >= 0.6 is 11.3 Å². The first kappa shape index (κ1) is 34.4. The molecule has 1 aliphatic rings. The molecule has 0 aliphatic carbocycles. The zero-order valence-corrected chi connectivity index (χ0v) is 26.3. The molecule has 250 valence electrons. The van der Waals surface area contributed by atoms with Gasteiger partial charge in [0.25, 0.3) is 11.7 Å². The van der Waals surface area contributed by atoms with E-state index in [0.717, 1.165) is 26.2 Å². The summed E-state index contributed by atoms with van der Waals surface area (Å²) in [6.45, 7) is 5.69. The lowest BCUT2D eigenvalue weighted by molar-refractivity contribution is -0.552. The third-order valence-electron chi connectivity index (χ3n) is 8.04. The molecular weight excluding hydrogens is 630 g/mol. The van der Waals surface area contributed by atoms with Crippen molar-refractivity contribution in [3.05, 3.63) is 96.4 Å². The standard InChI is InChI=1S/C33H37N3O10S/c1-3-5-7-22(4-2)21-45-29-13-11-23-10-12-24(20-26(23)34-29)46-33(43,44)31(39,40)30(37,38)32(41,42)36-17-15-35(16-18-36)27-8-6-9-28-25(27)14-19-47-28/h3-14,19-20,37-44H,1,15-18,21H2,2H3/b7-5-,22-4+. The zero-order chi connectivity index (χ0) is 34.0. The molecule has 2 aromatic carbocycles. The molecule has 5 rings (SSSR count). The number of hydrogen-bond acceptors (Lipinski definition) is 14. The van der Waals surface area contributed by atoms with Crippen molar-refractivity contribution >= 4 is 38.0 Å². The predicted octanol–water partition coefficient (Wildman–Crippen LogP) is 1.36. The third kappa shape index (κ3) is 6.61. The van der Waals surface area contributed by atoms with Gasteiger partial charge in [-0.1, -0.05) is 36.9 Å². The fourth-order valence-electron chi connectivity index (χ4n) is 5.23. The van der Waals surface area contributed by atoms with Crippen LogP contribution in [0.2, 0.25) is 0 Å². The highest BCUT2D eigenvalue weighted by molar-refractivity contribution is 7.17. The maximum atomic E-state index is 10.9. The first-order valence-electron chi connectivity index (χ1n) is 14.6. The summed E-state index contributed by atoms with van der Waals surface area (Å²) in [5, 5.41) is 89.5. The van der Waals surface area contributed by atoms with E-state index in [1.54, 1.807) is 35.6 Å². The molecule has 0 saturated carbocycles. The number of pyridine rings is 1. The molecule has 8 N–H and O–H groups in total. The number of piperazine rings is 1. The first-order valence-corrected chi connectivity index (χ1v) is 15.5. The van der Waals surface area contributed by atoms with Crippen molar-refractivity contribution in [1.82, 2.24) is 9.88 Å². The molecule has 0 unspecified atom stereocenters. The van der Waals surface area contributed by atoms with E-state index >= 15 is 0 Å². The Morgan fingerprint density at radius 2 is 1.66 bits per heavy atom. The lowest BCUT2D eigenvalue weighted by Crippen LogP contribution is -2.81. The van der Waals surface area contributed by atoms with Crippen LogP contribution < -0.4 is 14.4 Å². The number of aliphatic hydroxyl groups is 8. The molecule has 1 fully saturated rings. The number of rotatable bonds is 12. The van der Waals surface area contributed by atoms with E-state index in [2.05, 4.69) is 11.6 Å². The van der Waals surface area contributed by atoms with Gasteiger partial charge in [0.2, 0.25) is 5.88 Å². The Morgan fingerprint density at radius 3 is 2.36 bits per heavy atom. The van der Waals surface area contributed by atoms with E-state index in [9.17, 15) is 40.9 Å². The molecule has 13 nitrogen and oxygen atoms in total. The summed E-state index contributed by atoms with van der Waals surface area (Å²) in [7, 11) is 0. The summed E-state index contributed by atoms with van der Waals surface area (Å²) in [5.41, 5.74) is 2.00. The number of hydrogen-bond donors (Lipinski definition) is 8. The van der Waals surface area contributed by atoms with Crippen molar-refractivity contribution < 1.29 is 50.3 Å². The smallest absolute Gasteiger partial charge is 0.385 e. The number of nitrogens with zero attached hydrogens (tertiary/aromatic N) is 3. The average Bonchev–Trinajstić information content (AvgIpc) is 3.54. The fourth-order valence-corrected chi connectivity index (χ4v) is 6.04. The molecular formula is C33H37N3O10S. The minimum absolute atomic E-state index is 0.183. The summed E-state index contributed by atoms with van der Waals surface area (Å²) in [5.74, 6) is -17.0. The number of benzene rings is 2. The molecule has 4 aromatic rings. The number of aromatic nitrogens is 1. The van der Waals surface area contributed by atoms with Gasteiger partial charge in [-0.15, -0.1) is 11.3 Å². The van der Waals surface area contributed by atoms with Crippen LogP contribution in [0.25, 0.3) is 21.0 Å². The van der Waals surface area contributed by atoms with Crippen LogP contribution in [0.5, 0.6) is 11.6 Å². The molecule has 0 bridgehead atoms. The van der Waals surface area contributed by atoms with E-state index in [-0.39, 0.29) is 44.2 Å². The lowest BCUT2D eigenvalue weighted by atomic mass is 9.97. The summed E-state index contributed by atoms with van der Waals surface area (Å²) in [4.78, 5) is 7.08. The summed E-state index contributed by atoms with van der Waals surface area (Å²) < 4.78 is 11.8. The molecule has 0 amide bonds. The Bertz CT molecular complexity index is 1790. The molecule has 0 radical (unpaired) electrons. The molecule has 14 heteroatoms. The molecule has 0 atom stereocenters. The van der Waals surface area contributed by atoms with Gasteiger partial charge in [-0.25, -0.2) is 9.88 Å². The van der Waals surface area contributed by atoms with Crippen molar-refractivity contribution in [3.63, 3.8) is 0 Å². The minimum Gasteiger partial charge on any atom is -0.473 e. The monoisotopic (exact) mass is 667 g/mol. The van der Waals surface area contributed by atoms with Gasteiger partial charge in [0.15, 0.2) is 0 Å². The van der Waals surface area contributed by atoms with Crippen LogP contribution in [0.4, 0.5) is 5.69 Å². The highest BCUT2D eigenvalue weighted by Crippen LogP contribution is 2.39. The second-order valence-electron chi connectivity index (χ2n) is 11.0. The van der Waals surface area contributed by atoms with Crippen molar-refractivity contribution in [2.75, 3.05) is 37.7 Å². The molecule has 0 spiro atoms. The third-order valence-corrected chi connectivity index (χ3v) is 8.93. The molecule has 3 heterocycles. The number of allylic oxidation sites excluding steroid dienone is 3. The normalized spacial score (nSPS) is 15.9. The van der Waals surface area contributed by atoms with Gasteiger partial charge in [0.05, 0.1) is 5.52 Å². The van der Waals surface area contributed by atoms with E-state index in [1.165, 1.54) is 18.2 Å². The minimum atomic E-state index is -4.49. The summed E-state index contributed by atoms with van der Waals surface area (Å²) in [6, 6.07) is 15.0. The van der Waals surface area contributed by atoms with Crippen molar-refractivity contribution in [2.24, 2.45) is 0 Å². The van der Waals surface area contributed by atoms with E-state index in [1.807, 2.05) is 53.6 Å². The Morgan fingerprint density at radius 1 is 0.936 bits per heavy atom. The van der Waals surface area contributed by atoms with Crippen LogP contribution in [0.15, 0.2) is 96.4 Å². The van der Waals surface area contributed by atoms with Crippen LogP contribution in [-0.4, -0.2) is 107 Å². The Kier molecular flexibility index (Phi) is 9.73. The van der Waals surface area contributed by atoms with Crippen molar-refractivity contribution in [1.29, 1.82) is 0 Å². The van der Waals surface area contributed by atoms with Crippen molar-refractivity contribution in [3.8, 4) is 11.6 Å². The molecule has 47 heavy (non-hydrogen) atoms. The Balaban J connectivity index is 1.30. The van der Waals surface area contributed by atoms with Crippen LogP contribution in [0.1, 0.15) is 6.92 Å². The molecule has 1 saturated heterocycles. The quantitative estimate of drug-likeness (QED) is 0.0797. The second kappa shape index (κ2) is 13.3. The number of anilines is 1. The second-order valence-corrected chi connectivity index (χ2v) is 12.0. The van der Waals surface area contributed by atoms with Crippen molar-refractivity contribution in [2.45, 2.75) is 30.4 Å². The molecule has 1 aliphatic heterocycles. The van der Waals surface area contributed by atoms with E-state index < -0.39 is 29.2 Å². The largest absolute Gasteiger partial charge is 0.473 e. The van der Waals surface area contributed by atoms with Gasteiger partial charge in [0.1, 0.15) is 12.4 Å². The fraction of sp³-hybridized carbons (Fsp3) is 0.303. The van der Waals surface area contributed by atoms with Gasteiger partial charge in [-0.05, 0) is 54.3 Å². The molecule has 2 aromatic heterocycles. The first-order chi connectivity index (χ1) is 22.2. The van der Waals surface area contributed by atoms with Gasteiger partial charge in [-0.3, -0.25) is 0 Å². The van der Waals surface area contributed by atoms with E-state index in [0.29, 0.717) is 5.39 Å². The Labute approximate surface area is 274 Å². The maximum absolute atomic E-state index is 10.9. The number of ether oxygens (including phenoxy) is 2. The highest BCUT2D eigenvalue weighted by Gasteiger charge is 2.74. The highest BCUT2D eigenvalue weighted by atomic mass is 32.1. The lowest BCUT2D eigenvalue weighted by Gasteiger charge is -2.51. The average molecular weight is 668 g/mol. The maximum Gasteiger partial charge on any atom is 0.385 e. The van der Waals surface area contributed by atoms with Gasteiger partial charge in [-0.2, -0.15) is 0 Å². The SMILES string of the molecule is C=C/C=C\C(=C/C)COc1ccc2ccc(OC(O)(O)C(O)(O)C(O)(O)C(O)(O)N3CCN(c4cccc5sccc45)CC3)cc2n1. The number of thiophene rings is 1. The van der Waals surface area contributed by atoms with E-state index in [4.69, 9.17) is 9.47 Å². The van der Waals surface area contributed by atoms with Crippen LogP contribution in [-0.2, 0) is 0 Å². The van der Waals surface area contributed by atoms with Gasteiger partial charge < -0.3 is 55.2 Å². The van der Waals surface area contributed by atoms with Gasteiger partial charge >= 0.3 is 11.8 Å². The van der Waals surface area contributed by atoms with Gasteiger partial charge in [0, 0.05) is 59.5 Å². The zero-order valence-electron chi connectivity index (χ0n) is 25.5. The number of fused-ring (bicyclic) bond motifs is 2. The predicted molar refractivity (Wildman–Crippen MR) is 175 cm³/mol. The topological polar surface area (TPSA) is 200 Å².